The fourth-order valence-corrected chi connectivity index (χ4v) is 1.75. The Morgan fingerprint density at radius 3 is 2.59 bits per heavy atom. The van der Waals surface area contributed by atoms with Crippen molar-refractivity contribution in [2.75, 3.05) is 11.9 Å². The first-order valence-electron chi connectivity index (χ1n) is 4.97. The molecular weight excluding hydrogens is 263 g/mol. The van der Waals surface area contributed by atoms with Crippen molar-refractivity contribution in [1.82, 2.24) is 19.9 Å². The zero-order valence-corrected chi connectivity index (χ0v) is 10.6. The van der Waals surface area contributed by atoms with Crippen LogP contribution in [0, 0.1) is 0 Å². The summed E-state index contributed by atoms with van der Waals surface area (Å²) in [5, 5.41) is 3.20. The molecule has 0 aliphatic carbocycles. The van der Waals surface area contributed by atoms with Crippen molar-refractivity contribution in [3.63, 3.8) is 0 Å². The van der Waals surface area contributed by atoms with E-state index in [1.54, 1.807) is 0 Å². The Balaban J connectivity index is 1.92. The fourth-order valence-electron chi connectivity index (χ4n) is 1.39. The zero-order chi connectivity index (χ0) is 12.3. The fraction of sp³-hybridized carbons (Fsp3) is 0.333. The third-order valence-corrected chi connectivity index (χ3v) is 2.55. The molecule has 0 aliphatic rings. The van der Waals surface area contributed by atoms with Crippen LogP contribution in [-0.2, 0) is 13.5 Å². The van der Waals surface area contributed by atoms with Crippen LogP contribution in [0.4, 0.5) is 5.95 Å². The van der Waals surface area contributed by atoms with Gasteiger partial charge < -0.3 is 5.32 Å². The van der Waals surface area contributed by atoms with Gasteiger partial charge in [0.15, 0.2) is 0 Å². The third kappa shape index (κ3) is 3.28. The van der Waals surface area contributed by atoms with Gasteiger partial charge in [0, 0.05) is 13.0 Å². The molecule has 0 amide bonds. The Bertz CT molecular complexity index is 492. The van der Waals surface area contributed by atoms with E-state index in [0.29, 0.717) is 12.5 Å². The molecule has 0 spiro atoms. The van der Waals surface area contributed by atoms with Gasteiger partial charge in [0.25, 0.3) is 0 Å². The molecule has 17 heavy (non-hydrogen) atoms. The van der Waals surface area contributed by atoms with Gasteiger partial charge in [0.05, 0.1) is 7.05 Å². The van der Waals surface area contributed by atoms with Crippen LogP contribution in [0.2, 0.25) is 10.6 Å². The van der Waals surface area contributed by atoms with E-state index in [-0.39, 0.29) is 10.6 Å². The lowest BCUT2D eigenvalue weighted by Gasteiger charge is -2.03. The second-order valence-electron chi connectivity index (χ2n) is 3.42. The molecule has 0 saturated heterocycles. The van der Waals surface area contributed by atoms with Crippen LogP contribution in [0.3, 0.4) is 0 Å². The molecule has 6 nitrogen and oxygen atoms in total. The summed E-state index contributed by atoms with van der Waals surface area (Å²) in [4.78, 5) is 14.5. The number of aryl methyl sites for hydroxylation is 1. The Kier molecular flexibility index (Phi) is 3.75. The largest absolute Gasteiger partial charge is 0.354 e. The predicted molar refractivity (Wildman–Crippen MR) is 64.0 cm³/mol. The van der Waals surface area contributed by atoms with Crippen LogP contribution in [0.25, 0.3) is 0 Å². The normalized spacial score (nSPS) is 10.5. The van der Waals surface area contributed by atoms with Gasteiger partial charge in [0.1, 0.15) is 11.9 Å². The van der Waals surface area contributed by atoms with Gasteiger partial charge >= 0.3 is 0 Å². The minimum Gasteiger partial charge on any atom is -0.354 e. The van der Waals surface area contributed by atoms with Gasteiger partial charge in [0.2, 0.25) is 22.8 Å². The van der Waals surface area contributed by atoms with E-state index < -0.39 is 0 Å². The molecule has 2 N–H and O–H groups in total. The summed E-state index contributed by atoms with van der Waals surface area (Å²) in [6, 6.07) is 0. The minimum atomic E-state index is 0.0831. The second kappa shape index (κ2) is 5.29. The SMILES string of the molecule is C[n+]1c[nH]cc1CCNc1nc(Cl)nc(Cl)n1. The number of nitrogens with one attached hydrogen (secondary N) is 2. The number of imidazole rings is 1. The maximum absolute atomic E-state index is 5.66. The van der Waals surface area contributed by atoms with Crippen molar-refractivity contribution in [1.29, 1.82) is 0 Å². The maximum atomic E-state index is 5.66. The van der Waals surface area contributed by atoms with E-state index in [2.05, 4.69) is 25.3 Å². The molecular formula is C9H11Cl2N6+. The van der Waals surface area contributed by atoms with Crippen molar-refractivity contribution in [3.8, 4) is 0 Å². The van der Waals surface area contributed by atoms with E-state index in [1.807, 2.05) is 24.1 Å². The van der Waals surface area contributed by atoms with E-state index >= 15 is 0 Å². The first-order chi connectivity index (χ1) is 8.15. The quantitative estimate of drug-likeness (QED) is 0.815. The van der Waals surface area contributed by atoms with Gasteiger partial charge in [-0.15, -0.1) is 0 Å². The number of hydrogen-bond acceptors (Lipinski definition) is 4. The molecule has 2 aromatic rings. The summed E-state index contributed by atoms with van der Waals surface area (Å²) >= 11 is 11.3. The highest BCUT2D eigenvalue weighted by atomic mass is 35.5. The average Bonchev–Trinajstić information content (AvgIpc) is 2.63. The third-order valence-electron chi connectivity index (χ3n) is 2.22. The Morgan fingerprint density at radius 1 is 1.29 bits per heavy atom. The highest BCUT2D eigenvalue weighted by Crippen LogP contribution is 2.09. The molecule has 0 fully saturated rings. The van der Waals surface area contributed by atoms with E-state index in [0.717, 1.165) is 6.42 Å². The first kappa shape index (κ1) is 12.1. The summed E-state index contributed by atoms with van der Waals surface area (Å²) in [5.41, 5.74) is 1.17. The lowest BCUT2D eigenvalue weighted by atomic mass is 10.3. The number of anilines is 1. The van der Waals surface area contributed by atoms with Crippen molar-refractivity contribution >= 4 is 29.2 Å². The Hall–Kier alpha value is -1.40. The number of aromatic amines is 1. The van der Waals surface area contributed by atoms with Crippen molar-refractivity contribution in [2.45, 2.75) is 6.42 Å². The lowest BCUT2D eigenvalue weighted by Crippen LogP contribution is -2.31. The zero-order valence-electron chi connectivity index (χ0n) is 9.11. The van der Waals surface area contributed by atoms with Gasteiger partial charge in [-0.25, -0.2) is 9.55 Å². The number of aromatic nitrogens is 5. The summed E-state index contributed by atoms with van der Waals surface area (Å²) in [6.45, 7) is 0.683. The van der Waals surface area contributed by atoms with Crippen LogP contribution < -0.4 is 9.88 Å². The van der Waals surface area contributed by atoms with E-state index in [9.17, 15) is 0 Å². The molecule has 90 valence electrons. The molecule has 2 rings (SSSR count). The second-order valence-corrected chi connectivity index (χ2v) is 4.09. The molecule has 0 bridgehead atoms. The number of halogens is 2. The van der Waals surface area contributed by atoms with Crippen LogP contribution in [0.5, 0.6) is 0 Å². The van der Waals surface area contributed by atoms with Crippen molar-refractivity contribution < 1.29 is 4.57 Å². The summed E-state index contributed by atoms with van der Waals surface area (Å²) in [6.07, 6.45) is 4.65. The van der Waals surface area contributed by atoms with Crippen molar-refractivity contribution in [3.05, 3.63) is 28.8 Å². The first-order valence-corrected chi connectivity index (χ1v) is 5.73. The van der Waals surface area contributed by atoms with E-state index in [1.165, 1.54) is 5.69 Å². The maximum Gasteiger partial charge on any atom is 0.241 e. The van der Waals surface area contributed by atoms with Gasteiger partial charge in [-0.1, -0.05) is 0 Å². The Morgan fingerprint density at radius 2 is 2.00 bits per heavy atom. The van der Waals surface area contributed by atoms with E-state index in [4.69, 9.17) is 23.2 Å². The molecule has 0 atom stereocenters. The summed E-state index contributed by atoms with van der Waals surface area (Å²) < 4.78 is 2.01. The molecule has 0 aliphatic heterocycles. The summed E-state index contributed by atoms with van der Waals surface area (Å²) in [7, 11) is 1.97. The van der Waals surface area contributed by atoms with Crippen LogP contribution >= 0.6 is 23.2 Å². The Labute approximate surface area is 108 Å². The molecule has 2 aromatic heterocycles. The number of rotatable bonds is 4. The van der Waals surface area contributed by atoms with Gasteiger partial charge in [-0.3, -0.25) is 0 Å². The number of hydrogen-bond donors (Lipinski definition) is 2. The smallest absolute Gasteiger partial charge is 0.241 e. The predicted octanol–water partition coefficient (Wildman–Crippen LogP) is 0.986. The number of H-pyrrole nitrogens is 1. The molecule has 2 heterocycles. The average molecular weight is 274 g/mol. The van der Waals surface area contributed by atoms with Crippen molar-refractivity contribution in [2.24, 2.45) is 7.05 Å². The van der Waals surface area contributed by atoms with Crippen LogP contribution in [-0.4, -0.2) is 26.5 Å². The standard InChI is InChI=1S/C9H10Cl2N6/c1-17-5-12-4-6(17)2-3-13-9-15-7(10)14-8(11)16-9/h4-5H,2-3H2,1H3,(H,13,14,15,16)/p+1. The molecule has 0 aromatic carbocycles. The number of nitrogens with zero attached hydrogens (tertiary/aromatic N) is 4. The monoisotopic (exact) mass is 273 g/mol. The van der Waals surface area contributed by atoms with Crippen LogP contribution in [0.15, 0.2) is 12.5 Å². The van der Waals surface area contributed by atoms with Gasteiger partial charge in [-0.2, -0.15) is 15.0 Å². The highest BCUT2D eigenvalue weighted by molar-refractivity contribution is 6.31. The molecule has 0 saturated carbocycles. The minimum absolute atomic E-state index is 0.0831. The van der Waals surface area contributed by atoms with Gasteiger partial charge in [-0.05, 0) is 23.2 Å². The molecule has 0 radical (unpaired) electrons. The summed E-state index contributed by atoms with van der Waals surface area (Å²) in [5.74, 6) is 0.383. The van der Waals surface area contributed by atoms with Crippen LogP contribution in [0.1, 0.15) is 5.69 Å². The highest BCUT2D eigenvalue weighted by Gasteiger charge is 2.06. The topological polar surface area (TPSA) is 70.4 Å². The lowest BCUT2D eigenvalue weighted by molar-refractivity contribution is -0.677. The molecule has 0 unspecified atom stereocenters. The molecule has 8 heteroatoms.